The Morgan fingerprint density at radius 1 is 1.35 bits per heavy atom. The van der Waals surface area contributed by atoms with Gasteiger partial charge in [0.15, 0.2) is 0 Å². The minimum Gasteiger partial charge on any atom is -0.376 e. The Kier molecular flexibility index (Phi) is 5.01. The van der Waals surface area contributed by atoms with Gasteiger partial charge in [0.2, 0.25) is 5.91 Å². The van der Waals surface area contributed by atoms with Gasteiger partial charge in [-0.2, -0.15) is 0 Å². The molecule has 0 aliphatic heterocycles. The van der Waals surface area contributed by atoms with Gasteiger partial charge >= 0.3 is 0 Å². The van der Waals surface area contributed by atoms with Crippen molar-refractivity contribution in [1.82, 2.24) is 5.32 Å². The summed E-state index contributed by atoms with van der Waals surface area (Å²) in [6, 6.07) is 6.39. The number of nitrogens with one attached hydrogen (secondary N) is 2. The van der Waals surface area contributed by atoms with Gasteiger partial charge in [0.1, 0.15) is 0 Å². The van der Waals surface area contributed by atoms with E-state index in [2.05, 4.69) is 36.6 Å². The van der Waals surface area contributed by atoms with Gasteiger partial charge < -0.3 is 10.6 Å². The van der Waals surface area contributed by atoms with E-state index >= 15 is 0 Å². The van der Waals surface area contributed by atoms with Gasteiger partial charge in [0.05, 0.1) is 6.54 Å². The number of hydrogen-bond acceptors (Lipinski definition) is 2. The molecule has 1 aromatic rings. The standard InChI is InChI=1S/C14H22N2O/c1-5-12-8-6-7-11(4)14(12)15-9-13(17)16-10(2)3/h6-8,10,15H,5,9H2,1-4H3,(H,16,17). The maximum atomic E-state index is 11.6. The fourth-order valence-electron chi connectivity index (χ4n) is 1.82. The van der Waals surface area contributed by atoms with E-state index in [1.165, 1.54) is 11.1 Å². The van der Waals surface area contributed by atoms with Crippen LogP contribution in [0, 0.1) is 6.92 Å². The molecule has 1 aromatic carbocycles. The summed E-state index contributed by atoms with van der Waals surface area (Å²) in [4.78, 5) is 11.6. The summed E-state index contributed by atoms with van der Waals surface area (Å²) in [7, 11) is 0. The lowest BCUT2D eigenvalue weighted by Gasteiger charge is -2.14. The van der Waals surface area contributed by atoms with E-state index in [-0.39, 0.29) is 11.9 Å². The van der Waals surface area contributed by atoms with E-state index in [0.717, 1.165) is 12.1 Å². The van der Waals surface area contributed by atoms with Crippen molar-refractivity contribution < 1.29 is 4.79 Å². The van der Waals surface area contributed by atoms with Crippen molar-refractivity contribution in [3.63, 3.8) is 0 Å². The van der Waals surface area contributed by atoms with Gasteiger partial charge in [-0.1, -0.05) is 25.1 Å². The first-order valence-electron chi connectivity index (χ1n) is 6.16. The van der Waals surface area contributed by atoms with E-state index in [9.17, 15) is 4.79 Å². The van der Waals surface area contributed by atoms with Crippen LogP contribution in [-0.2, 0) is 11.2 Å². The van der Waals surface area contributed by atoms with Gasteiger partial charge in [0, 0.05) is 11.7 Å². The summed E-state index contributed by atoms with van der Waals surface area (Å²) in [6.07, 6.45) is 0.968. The Bertz CT molecular complexity index is 386. The highest BCUT2D eigenvalue weighted by atomic mass is 16.1. The monoisotopic (exact) mass is 234 g/mol. The van der Waals surface area contributed by atoms with Crippen LogP contribution in [0.5, 0.6) is 0 Å². The third-order valence-electron chi connectivity index (χ3n) is 2.62. The van der Waals surface area contributed by atoms with Crippen LogP contribution in [0.1, 0.15) is 31.9 Å². The van der Waals surface area contributed by atoms with Crippen molar-refractivity contribution in [3.8, 4) is 0 Å². The molecule has 17 heavy (non-hydrogen) atoms. The highest BCUT2D eigenvalue weighted by molar-refractivity contribution is 5.81. The summed E-state index contributed by atoms with van der Waals surface area (Å²) >= 11 is 0. The molecule has 3 heteroatoms. The Morgan fingerprint density at radius 3 is 2.65 bits per heavy atom. The van der Waals surface area contributed by atoms with Gasteiger partial charge in [0.25, 0.3) is 0 Å². The van der Waals surface area contributed by atoms with Crippen LogP contribution in [0.4, 0.5) is 5.69 Å². The zero-order valence-electron chi connectivity index (χ0n) is 11.1. The third kappa shape index (κ3) is 4.10. The van der Waals surface area contributed by atoms with E-state index in [1.54, 1.807) is 0 Å². The molecule has 0 heterocycles. The number of carbonyl (C=O) groups excluding carboxylic acids is 1. The van der Waals surface area contributed by atoms with Gasteiger partial charge in [-0.3, -0.25) is 4.79 Å². The summed E-state index contributed by atoms with van der Waals surface area (Å²) in [5.74, 6) is 0.0327. The molecule has 0 atom stereocenters. The molecule has 0 unspecified atom stereocenters. The van der Waals surface area contributed by atoms with E-state index in [0.29, 0.717) is 6.54 Å². The molecule has 0 spiro atoms. The van der Waals surface area contributed by atoms with Crippen molar-refractivity contribution in [3.05, 3.63) is 29.3 Å². The van der Waals surface area contributed by atoms with E-state index < -0.39 is 0 Å². The maximum Gasteiger partial charge on any atom is 0.239 e. The molecule has 0 saturated carbocycles. The Labute approximate surface area is 104 Å². The second-order valence-corrected chi connectivity index (χ2v) is 4.54. The number of hydrogen-bond donors (Lipinski definition) is 2. The van der Waals surface area contributed by atoms with Gasteiger partial charge in [-0.15, -0.1) is 0 Å². The molecule has 1 rings (SSSR count). The van der Waals surface area contributed by atoms with Crippen LogP contribution in [0.15, 0.2) is 18.2 Å². The average Bonchev–Trinajstić information content (AvgIpc) is 2.26. The van der Waals surface area contributed by atoms with Gasteiger partial charge in [-0.25, -0.2) is 0 Å². The Morgan fingerprint density at radius 2 is 2.06 bits per heavy atom. The second-order valence-electron chi connectivity index (χ2n) is 4.54. The van der Waals surface area contributed by atoms with Crippen molar-refractivity contribution in [2.24, 2.45) is 0 Å². The fourth-order valence-corrected chi connectivity index (χ4v) is 1.82. The minimum absolute atomic E-state index is 0.0327. The normalized spacial score (nSPS) is 10.4. The van der Waals surface area contributed by atoms with Crippen molar-refractivity contribution >= 4 is 11.6 Å². The molecule has 94 valence electrons. The van der Waals surface area contributed by atoms with E-state index in [4.69, 9.17) is 0 Å². The first-order chi connectivity index (χ1) is 8.04. The number of carbonyl (C=O) groups is 1. The van der Waals surface area contributed by atoms with Crippen LogP contribution in [-0.4, -0.2) is 18.5 Å². The SMILES string of the molecule is CCc1cccc(C)c1NCC(=O)NC(C)C. The predicted molar refractivity (Wildman–Crippen MR) is 72.3 cm³/mol. The number of rotatable bonds is 5. The zero-order chi connectivity index (χ0) is 12.8. The van der Waals surface area contributed by atoms with Crippen LogP contribution in [0.3, 0.4) is 0 Å². The molecule has 0 aromatic heterocycles. The highest BCUT2D eigenvalue weighted by Gasteiger charge is 2.07. The van der Waals surface area contributed by atoms with Crippen molar-refractivity contribution in [2.45, 2.75) is 40.2 Å². The number of amides is 1. The molecule has 0 saturated heterocycles. The number of anilines is 1. The zero-order valence-corrected chi connectivity index (χ0v) is 11.1. The molecule has 3 nitrogen and oxygen atoms in total. The topological polar surface area (TPSA) is 41.1 Å². The number of benzene rings is 1. The molecule has 1 amide bonds. The predicted octanol–water partition coefficient (Wildman–Crippen LogP) is 2.49. The highest BCUT2D eigenvalue weighted by Crippen LogP contribution is 2.20. The summed E-state index contributed by atoms with van der Waals surface area (Å²) < 4.78 is 0. The molecule has 0 bridgehead atoms. The number of para-hydroxylation sites is 1. The van der Waals surface area contributed by atoms with Crippen LogP contribution >= 0.6 is 0 Å². The van der Waals surface area contributed by atoms with Crippen molar-refractivity contribution in [1.29, 1.82) is 0 Å². The molecule has 0 radical (unpaired) electrons. The molecular formula is C14H22N2O. The third-order valence-corrected chi connectivity index (χ3v) is 2.62. The van der Waals surface area contributed by atoms with E-state index in [1.807, 2.05) is 19.9 Å². The summed E-state index contributed by atoms with van der Waals surface area (Å²) in [5.41, 5.74) is 3.53. The smallest absolute Gasteiger partial charge is 0.239 e. The van der Waals surface area contributed by atoms with Crippen molar-refractivity contribution in [2.75, 3.05) is 11.9 Å². The number of aryl methyl sites for hydroxylation is 2. The Hall–Kier alpha value is -1.51. The molecular weight excluding hydrogens is 212 g/mol. The van der Waals surface area contributed by atoms with Gasteiger partial charge in [-0.05, 0) is 38.3 Å². The summed E-state index contributed by atoms with van der Waals surface area (Å²) in [5, 5.41) is 6.09. The lowest BCUT2D eigenvalue weighted by Crippen LogP contribution is -2.35. The van der Waals surface area contributed by atoms with Crippen LogP contribution < -0.4 is 10.6 Å². The molecule has 2 N–H and O–H groups in total. The first-order valence-corrected chi connectivity index (χ1v) is 6.16. The van der Waals surface area contributed by atoms with Crippen LogP contribution in [0.25, 0.3) is 0 Å². The summed E-state index contributed by atoms with van der Waals surface area (Å²) in [6.45, 7) is 8.43. The first kappa shape index (κ1) is 13.6. The Balaban J connectivity index is 2.65. The lowest BCUT2D eigenvalue weighted by atomic mass is 10.1. The lowest BCUT2D eigenvalue weighted by molar-refractivity contribution is -0.119. The maximum absolute atomic E-state index is 11.6. The largest absolute Gasteiger partial charge is 0.376 e. The molecule has 0 fully saturated rings. The van der Waals surface area contributed by atoms with Crippen LogP contribution in [0.2, 0.25) is 0 Å². The molecule has 0 aliphatic carbocycles. The quantitative estimate of drug-likeness (QED) is 0.822. The molecule has 0 aliphatic rings. The second kappa shape index (κ2) is 6.28. The average molecular weight is 234 g/mol. The minimum atomic E-state index is 0.0327. The fraction of sp³-hybridized carbons (Fsp3) is 0.500.